The highest BCUT2D eigenvalue weighted by Gasteiger charge is 1.98. The molecule has 0 aromatic heterocycles. The first-order valence-electron chi connectivity index (χ1n) is 3.75. The van der Waals surface area contributed by atoms with E-state index in [0.717, 1.165) is 18.4 Å². The van der Waals surface area contributed by atoms with Crippen molar-refractivity contribution in [2.45, 2.75) is 19.8 Å². The van der Waals surface area contributed by atoms with Crippen LogP contribution >= 0.6 is 0 Å². The van der Waals surface area contributed by atoms with Gasteiger partial charge in [0.1, 0.15) is 0 Å². The molecule has 0 spiro atoms. The van der Waals surface area contributed by atoms with E-state index < -0.39 is 0 Å². The number of aromatic hydroxyl groups is 2. The summed E-state index contributed by atoms with van der Waals surface area (Å²) in [5.41, 5.74) is 1.06. The number of benzene rings is 1. The van der Waals surface area contributed by atoms with Gasteiger partial charge in [-0.3, -0.25) is 0 Å². The Balaban J connectivity index is 0.00000121. The number of hydrogen-bond donors (Lipinski definition) is 3. The molecule has 0 fully saturated rings. The lowest BCUT2D eigenvalue weighted by Crippen LogP contribution is -1.81. The van der Waals surface area contributed by atoms with Gasteiger partial charge >= 0.3 is 0 Å². The summed E-state index contributed by atoms with van der Waals surface area (Å²) in [5, 5.41) is 18.0. The highest BCUT2D eigenvalue weighted by Crippen LogP contribution is 2.25. The van der Waals surface area contributed by atoms with Crippen LogP contribution in [0.1, 0.15) is 18.9 Å². The van der Waals surface area contributed by atoms with Crippen LogP contribution in [0.2, 0.25) is 0 Å². The summed E-state index contributed by atoms with van der Waals surface area (Å²) in [5.74, 6) is -0.0826. The summed E-state index contributed by atoms with van der Waals surface area (Å²) >= 11 is 0. The predicted octanol–water partition coefficient (Wildman–Crippen LogP) is 2.21. The molecular weight excluding hydrogens is 154 g/mol. The van der Waals surface area contributed by atoms with Crippen molar-refractivity contribution in [2.75, 3.05) is 0 Å². The molecule has 0 amide bonds. The zero-order valence-corrected chi connectivity index (χ0v) is 7.25. The van der Waals surface area contributed by atoms with Crippen molar-refractivity contribution >= 4 is 0 Å². The van der Waals surface area contributed by atoms with E-state index in [4.69, 9.17) is 10.2 Å². The van der Waals surface area contributed by atoms with Gasteiger partial charge in [0.25, 0.3) is 0 Å². The molecule has 0 unspecified atom stereocenters. The van der Waals surface area contributed by atoms with Crippen molar-refractivity contribution < 1.29 is 10.2 Å². The lowest BCUT2D eigenvalue weighted by atomic mass is 10.1. The Kier molecular flexibility index (Phi) is 4.15. The quantitative estimate of drug-likeness (QED) is 0.594. The molecule has 3 heteroatoms. The van der Waals surface area contributed by atoms with E-state index in [1.807, 2.05) is 6.07 Å². The van der Waals surface area contributed by atoms with Gasteiger partial charge in [0.2, 0.25) is 0 Å². The summed E-state index contributed by atoms with van der Waals surface area (Å²) in [6, 6.07) is 4.93. The number of rotatable bonds is 2. The van der Waals surface area contributed by atoms with E-state index >= 15 is 0 Å². The molecule has 0 radical (unpaired) electrons. The van der Waals surface area contributed by atoms with E-state index in [9.17, 15) is 0 Å². The van der Waals surface area contributed by atoms with Crippen LogP contribution < -0.4 is 6.15 Å². The minimum Gasteiger partial charge on any atom is -0.504 e. The zero-order chi connectivity index (χ0) is 8.27. The average Bonchev–Trinajstić information content (AvgIpc) is 1.98. The third kappa shape index (κ3) is 2.43. The van der Waals surface area contributed by atoms with Crippen LogP contribution in [0.3, 0.4) is 0 Å². The number of phenols is 2. The maximum Gasteiger partial charge on any atom is 0.157 e. The van der Waals surface area contributed by atoms with Crippen LogP contribution in [-0.4, -0.2) is 10.2 Å². The summed E-state index contributed by atoms with van der Waals surface area (Å²) in [6.07, 6.45) is 1.98. The monoisotopic (exact) mass is 169 g/mol. The summed E-state index contributed by atoms with van der Waals surface area (Å²) in [7, 11) is 0. The van der Waals surface area contributed by atoms with Gasteiger partial charge in [-0.1, -0.05) is 19.4 Å². The van der Waals surface area contributed by atoms with Crippen molar-refractivity contribution in [3.63, 3.8) is 0 Å². The molecule has 3 nitrogen and oxygen atoms in total. The molecule has 5 N–H and O–H groups in total. The molecule has 0 heterocycles. The van der Waals surface area contributed by atoms with Crippen molar-refractivity contribution in [2.24, 2.45) is 0 Å². The standard InChI is InChI=1S/C9H12O2.H3N/c1-2-3-7-4-5-8(10)9(11)6-7;/h4-6,10-11H,2-3H2,1H3;1H3. The fourth-order valence-electron chi connectivity index (χ4n) is 1.01. The van der Waals surface area contributed by atoms with Gasteiger partial charge in [0.15, 0.2) is 11.5 Å². The minimum absolute atomic E-state index is 0. The first-order chi connectivity index (χ1) is 5.24. The van der Waals surface area contributed by atoms with E-state index in [1.165, 1.54) is 6.07 Å². The summed E-state index contributed by atoms with van der Waals surface area (Å²) < 4.78 is 0. The van der Waals surface area contributed by atoms with Gasteiger partial charge in [0, 0.05) is 0 Å². The van der Waals surface area contributed by atoms with Crippen LogP contribution in [0.15, 0.2) is 18.2 Å². The van der Waals surface area contributed by atoms with Gasteiger partial charge in [-0.05, 0) is 24.1 Å². The molecule has 0 aliphatic heterocycles. The highest BCUT2D eigenvalue weighted by atomic mass is 16.3. The molecule has 1 aromatic rings. The molecule has 0 saturated heterocycles. The number of aryl methyl sites for hydroxylation is 1. The lowest BCUT2D eigenvalue weighted by Gasteiger charge is -2.00. The lowest BCUT2D eigenvalue weighted by molar-refractivity contribution is 0.403. The second kappa shape index (κ2) is 4.62. The molecule has 0 saturated carbocycles. The van der Waals surface area contributed by atoms with Gasteiger partial charge < -0.3 is 16.4 Å². The Bertz CT molecular complexity index is 248. The zero-order valence-electron chi connectivity index (χ0n) is 7.25. The second-order valence-corrected chi connectivity index (χ2v) is 2.57. The smallest absolute Gasteiger partial charge is 0.157 e. The molecule has 0 aliphatic carbocycles. The van der Waals surface area contributed by atoms with Crippen molar-refractivity contribution in [1.29, 1.82) is 0 Å². The Morgan fingerprint density at radius 1 is 1.17 bits per heavy atom. The molecule has 0 atom stereocenters. The van der Waals surface area contributed by atoms with Gasteiger partial charge in [0.05, 0.1) is 0 Å². The third-order valence-corrected chi connectivity index (χ3v) is 1.58. The number of hydrogen-bond acceptors (Lipinski definition) is 3. The normalized spacial score (nSPS) is 9.08. The van der Waals surface area contributed by atoms with E-state index in [2.05, 4.69) is 6.92 Å². The number of phenolic OH excluding ortho intramolecular Hbond substituents is 2. The van der Waals surface area contributed by atoms with E-state index in [-0.39, 0.29) is 17.6 Å². The maximum atomic E-state index is 9.08. The Labute approximate surface area is 72.3 Å². The largest absolute Gasteiger partial charge is 0.504 e. The van der Waals surface area contributed by atoms with E-state index in [1.54, 1.807) is 6.07 Å². The fraction of sp³-hybridized carbons (Fsp3) is 0.333. The topological polar surface area (TPSA) is 75.5 Å². The molecule has 68 valence electrons. The van der Waals surface area contributed by atoms with Crippen LogP contribution in [0.25, 0.3) is 0 Å². The first-order valence-corrected chi connectivity index (χ1v) is 3.75. The highest BCUT2D eigenvalue weighted by molar-refractivity contribution is 5.40. The Hall–Kier alpha value is -1.22. The van der Waals surface area contributed by atoms with Crippen molar-refractivity contribution in [3.05, 3.63) is 23.8 Å². The van der Waals surface area contributed by atoms with E-state index in [0.29, 0.717) is 0 Å². The fourth-order valence-corrected chi connectivity index (χ4v) is 1.01. The SMILES string of the molecule is CCCc1ccc(O)c(O)c1.N. The minimum atomic E-state index is -0.0511. The molecule has 1 rings (SSSR count). The second-order valence-electron chi connectivity index (χ2n) is 2.57. The van der Waals surface area contributed by atoms with Crippen molar-refractivity contribution in [1.82, 2.24) is 6.15 Å². The van der Waals surface area contributed by atoms with Crippen molar-refractivity contribution in [3.8, 4) is 11.5 Å². The third-order valence-electron chi connectivity index (χ3n) is 1.58. The predicted molar refractivity (Wildman–Crippen MR) is 48.8 cm³/mol. The van der Waals surface area contributed by atoms with Crippen LogP contribution in [-0.2, 0) is 6.42 Å². The Morgan fingerprint density at radius 3 is 2.33 bits per heavy atom. The molecule has 0 bridgehead atoms. The maximum absolute atomic E-state index is 9.08. The Morgan fingerprint density at radius 2 is 1.83 bits per heavy atom. The molecule has 1 aromatic carbocycles. The van der Waals surface area contributed by atoms with Crippen LogP contribution in [0.4, 0.5) is 0 Å². The van der Waals surface area contributed by atoms with Crippen LogP contribution in [0, 0.1) is 0 Å². The van der Waals surface area contributed by atoms with Gasteiger partial charge in [-0.2, -0.15) is 0 Å². The molecule has 12 heavy (non-hydrogen) atoms. The van der Waals surface area contributed by atoms with Gasteiger partial charge in [-0.25, -0.2) is 0 Å². The first kappa shape index (κ1) is 10.8. The summed E-state index contributed by atoms with van der Waals surface area (Å²) in [4.78, 5) is 0. The molecular formula is C9H15NO2. The van der Waals surface area contributed by atoms with Crippen LogP contribution in [0.5, 0.6) is 11.5 Å². The van der Waals surface area contributed by atoms with Gasteiger partial charge in [-0.15, -0.1) is 0 Å². The average molecular weight is 169 g/mol. The molecule has 0 aliphatic rings. The summed E-state index contributed by atoms with van der Waals surface area (Å²) in [6.45, 7) is 2.07.